The van der Waals surface area contributed by atoms with Crippen molar-refractivity contribution in [3.63, 3.8) is 0 Å². The van der Waals surface area contributed by atoms with Crippen LogP contribution in [0.5, 0.6) is 0 Å². The monoisotopic (exact) mass is 475 g/mol. The van der Waals surface area contributed by atoms with Gasteiger partial charge in [-0.15, -0.1) is 11.3 Å². The average Bonchev–Trinajstić information content (AvgIpc) is 3.37. The molecule has 0 saturated heterocycles. The van der Waals surface area contributed by atoms with Crippen LogP contribution in [0.4, 0.5) is 10.8 Å². The third-order valence-electron chi connectivity index (χ3n) is 8.16. The van der Waals surface area contributed by atoms with E-state index >= 15 is 0 Å². The largest absolute Gasteiger partial charge is 0.406 e. The maximum Gasteiger partial charge on any atom is 0.363 e. The highest BCUT2D eigenvalue weighted by Gasteiger charge is 2.55. The Morgan fingerprint density at radius 3 is 2.41 bits per heavy atom. The van der Waals surface area contributed by atoms with Crippen LogP contribution >= 0.6 is 11.3 Å². The molecule has 1 amide bonds. The number of rotatable bonds is 4. The summed E-state index contributed by atoms with van der Waals surface area (Å²) in [6.45, 7) is 5.61. The number of esters is 1. The minimum Gasteiger partial charge on any atom is -0.406 e. The van der Waals surface area contributed by atoms with Crippen LogP contribution in [0, 0.1) is 37.0 Å². The fraction of sp³-hybridized carbons (Fsp3) is 0.481. The lowest BCUT2D eigenvalue weighted by atomic mass is 9.49. The smallest absolute Gasteiger partial charge is 0.363 e. The minimum absolute atomic E-state index is 0.0536. The number of nitrogens with zero attached hydrogens (tertiary/aromatic N) is 3. The maximum absolute atomic E-state index is 12.7. The molecular formula is C27H29N3O3S. The second-order valence-electron chi connectivity index (χ2n) is 10.7. The molecule has 4 bridgehead atoms. The first-order valence-electron chi connectivity index (χ1n) is 12.2. The SMILES string of the molecule is CC(=O)N(c1ccc(C)c(C)c1)c1nc(/C=C2\N=C(C34CC5CC(CC(C5)C3)C4)OC2=O)cs1. The number of cyclic esters (lactones) is 1. The third-order valence-corrected chi connectivity index (χ3v) is 9.01. The number of hydrogen-bond donors (Lipinski definition) is 0. The molecule has 4 fully saturated rings. The van der Waals surface area contributed by atoms with Gasteiger partial charge in [0.05, 0.1) is 11.4 Å². The Balaban J connectivity index is 1.28. The van der Waals surface area contributed by atoms with E-state index in [1.165, 1.54) is 43.1 Å². The lowest BCUT2D eigenvalue weighted by molar-refractivity contribution is -0.131. The van der Waals surface area contributed by atoms with Gasteiger partial charge in [0.2, 0.25) is 11.8 Å². The van der Waals surface area contributed by atoms with Crippen molar-refractivity contribution in [2.45, 2.75) is 59.3 Å². The van der Waals surface area contributed by atoms with E-state index in [1.54, 1.807) is 11.0 Å². The summed E-state index contributed by atoms with van der Waals surface area (Å²) < 4.78 is 5.77. The summed E-state index contributed by atoms with van der Waals surface area (Å²) in [7, 11) is 0. The summed E-state index contributed by atoms with van der Waals surface area (Å²) in [6.07, 6.45) is 8.98. The van der Waals surface area contributed by atoms with Gasteiger partial charge in [0.1, 0.15) is 0 Å². The van der Waals surface area contributed by atoms with Crippen molar-refractivity contribution in [1.82, 2.24) is 4.98 Å². The molecule has 0 atom stereocenters. The molecule has 0 radical (unpaired) electrons. The molecule has 34 heavy (non-hydrogen) atoms. The van der Waals surface area contributed by atoms with E-state index in [9.17, 15) is 9.59 Å². The molecule has 1 aromatic heterocycles. The fourth-order valence-corrected chi connectivity index (χ4v) is 7.73. The zero-order valence-electron chi connectivity index (χ0n) is 19.8. The van der Waals surface area contributed by atoms with Crippen molar-refractivity contribution in [2.75, 3.05) is 4.90 Å². The van der Waals surface area contributed by atoms with Gasteiger partial charge < -0.3 is 4.74 Å². The Morgan fingerprint density at radius 1 is 1.12 bits per heavy atom. The van der Waals surface area contributed by atoms with Crippen LogP contribution in [0.25, 0.3) is 6.08 Å². The molecule has 4 aliphatic carbocycles. The Hall–Kier alpha value is -2.80. The number of amides is 1. The Bertz CT molecular complexity index is 1220. The zero-order valence-corrected chi connectivity index (χ0v) is 20.7. The highest BCUT2D eigenvalue weighted by Crippen LogP contribution is 2.61. The minimum atomic E-state index is -0.391. The summed E-state index contributed by atoms with van der Waals surface area (Å²) in [4.78, 5) is 36.2. The Kier molecular flexibility index (Phi) is 5.03. The normalized spacial score (nSPS) is 30.6. The van der Waals surface area contributed by atoms with E-state index in [-0.39, 0.29) is 11.3 Å². The average molecular weight is 476 g/mol. The van der Waals surface area contributed by atoms with Crippen molar-refractivity contribution < 1.29 is 14.3 Å². The number of ether oxygens (including phenoxy) is 1. The van der Waals surface area contributed by atoms with Crippen LogP contribution < -0.4 is 4.90 Å². The molecule has 5 aliphatic rings. The van der Waals surface area contributed by atoms with Gasteiger partial charge in [0.25, 0.3) is 0 Å². The number of carbonyl (C=O) groups excluding carboxylic acids is 2. The van der Waals surface area contributed by atoms with Crippen LogP contribution in [0.1, 0.15) is 62.3 Å². The van der Waals surface area contributed by atoms with Crippen LogP contribution in [-0.2, 0) is 14.3 Å². The van der Waals surface area contributed by atoms with Gasteiger partial charge in [-0.1, -0.05) is 6.07 Å². The number of carbonyl (C=O) groups is 2. The van der Waals surface area contributed by atoms with Crippen molar-refractivity contribution in [2.24, 2.45) is 28.2 Å². The third kappa shape index (κ3) is 3.61. The van der Waals surface area contributed by atoms with Gasteiger partial charge in [-0.25, -0.2) is 14.8 Å². The number of hydrogen-bond acceptors (Lipinski definition) is 6. The molecule has 2 aromatic rings. The van der Waals surface area contributed by atoms with E-state index < -0.39 is 5.97 Å². The Labute approximate surface area is 203 Å². The topological polar surface area (TPSA) is 71.9 Å². The molecule has 1 aromatic carbocycles. The molecule has 1 aliphatic heterocycles. The molecule has 0 unspecified atom stereocenters. The molecule has 6 nitrogen and oxygen atoms in total. The molecular weight excluding hydrogens is 446 g/mol. The van der Waals surface area contributed by atoms with Crippen molar-refractivity contribution in [1.29, 1.82) is 0 Å². The number of aliphatic imine (C=N–C) groups is 1. The highest BCUT2D eigenvalue weighted by molar-refractivity contribution is 7.14. The van der Waals surface area contributed by atoms with Crippen LogP contribution in [-0.4, -0.2) is 22.8 Å². The molecule has 0 spiro atoms. The molecule has 7 heteroatoms. The number of thiazole rings is 1. The lowest BCUT2D eigenvalue weighted by Gasteiger charge is -2.55. The second kappa shape index (κ2) is 7.87. The summed E-state index contributed by atoms with van der Waals surface area (Å²) in [6, 6.07) is 5.93. The predicted octanol–water partition coefficient (Wildman–Crippen LogP) is 5.96. The van der Waals surface area contributed by atoms with Gasteiger partial charge in [-0.05, 0) is 99.5 Å². The van der Waals surface area contributed by atoms with Crippen LogP contribution in [0.2, 0.25) is 0 Å². The van der Waals surface area contributed by atoms with E-state index in [0.717, 1.165) is 48.3 Å². The summed E-state index contributed by atoms with van der Waals surface area (Å²) in [5, 5.41) is 2.42. The first-order chi connectivity index (χ1) is 16.3. The first-order valence-corrected chi connectivity index (χ1v) is 13.0. The first kappa shape index (κ1) is 21.7. The quantitative estimate of drug-likeness (QED) is 0.404. The number of benzene rings is 1. The molecule has 176 valence electrons. The molecule has 0 N–H and O–H groups in total. The van der Waals surface area contributed by atoms with Crippen LogP contribution in [0.15, 0.2) is 34.3 Å². The van der Waals surface area contributed by atoms with Crippen molar-refractivity contribution in [3.8, 4) is 0 Å². The molecule has 7 rings (SSSR count). The van der Waals surface area contributed by atoms with Crippen molar-refractivity contribution in [3.05, 3.63) is 46.1 Å². The van der Waals surface area contributed by atoms with E-state index in [1.807, 2.05) is 37.4 Å². The maximum atomic E-state index is 12.7. The predicted molar refractivity (Wildman–Crippen MR) is 133 cm³/mol. The molecule has 4 saturated carbocycles. The second-order valence-corrected chi connectivity index (χ2v) is 11.5. The van der Waals surface area contributed by atoms with E-state index in [0.29, 0.717) is 22.4 Å². The standard InChI is InChI=1S/C27H29N3O3S/c1-15-4-5-22(6-16(15)2)30(17(3)31)26-28-21(14-34-26)10-23-24(32)33-25(29-23)27-11-18-7-19(12-27)9-20(8-18)13-27/h4-6,10,14,18-20H,7-9,11-13H2,1-3H3/b23-10-. The zero-order chi connectivity index (χ0) is 23.6. The van der Waals surface area contributed by atoms with Crippen molar-refractivity contribution >= 4 is 46.0 Å². The lowest BCUT2D eigenvalue weighted by Crippen LogP contribution is -2.50. The van der Waals surface area contributed by atoms with Gasteiger partial charge >= 0.3 is 5.97 Å². The Morgan fingerprint density at radius 2 is 1.79 bits per heavy atom. The summed E-state index contributed by atoms with van der Waals surface area (Å²) in [5.74, 6) is 2.40. The number of aromatic nitrogens is 1. The highest BCUT2D eigenvalue weighted by atomic mass is 32.1. The van der Waals surface area contributed by atoms with Gasteiger partial charge in [-0.2, -0.15) is 0 Å². The van der Waals surface area contributed by atoms with Gasteiger partial charge in [0, 0.05) is 17.7 Å². The fourth-order valence-electron chi connectivity index (χ4n) is 6.89. The van der Waals surface area contributed by atoms with Crippen LogP contribution in [0.3, 0.4) is 0 Å². The van der Waals surface area contributed by atoms with Gasteiger partial charge in [0.15, 0.2) is 10.8 Å². The molecule has 2 heterocycles. The summed E-state index contributed by atoms with van der Waals surface area (Å²) in [5.41, 5.74) is 3.93. The summed E-state index contributed by atoms with van der Waals surface area (Å²) >= 11 is 1.37. The van der Waals surface area contributed by atoms with E-state index in [4.69, 9.17) is 9.73 Å². The van der Waals surface area contributed by atoms with E-state index in [2.05, 4.69) is 4.98 Å². The van der Waals surface area contributed by atoms with Gasteiger partial charge in [-0.3, -0.25) is 9.69 Å². The number of anilines is 2. The number of aryl methyl sites for hydroxylation is 2.